The van der Waals surface area contributed by atoms with Crippen LogP contribution in [0.4, 0.5) is 0 Å². The van der Waals surface area contributed by atoms with E-state index in [9.17, 15) is 4.79 Å². The van der Waals surface area contributed by atoms with Gasteiger partial charge in [0, 0.05) is 26.2 Å². The van der Waals surface area contributed by atoms with Crippen molar-refractivity contribution in [1.29, 1.82) is 0 Å². The molecule has 0 saturated carbocycles. The summed E-state index contributed by atoms with van der Waals surface area (Å²) in [5, 5.41) is 3.13. The van der Waals surface area contributed by atoms with Gasteiger partial charge in [0.1, 0.15) is 6.61 Å². The maximum atomic E-state index is 12.9. The first kappa shape index (κ1) is 25.1. The number of methoxy groups -OCH3 is 1. The molecule has 0 spiro atoms. The Bertz CT molecular complexity index is 855. The zero-order chi connectivity index (χ0) is 23.5. The molecule has 2 aromatic rings. The average molecular weight is 454 g/mol. The molecular formula is C27H39N3O3. The van der Waals surface area contributed by atoms with Gasteiger partial charge in [0.05, 0.1) is 13.0 Å². The van der Waals surface area contributed by atoms with Gasteiger partial charge in [-0.3, -0.25) is 9.69 Å². The smallest absolute Gasteiger partial charge is 0.224 e. The third-order valence-electron chi connectivity index (χ3n) is 6.38. The molecule has 0 aromatic heterocycles. The van der Waals surface area contributed by atoms with E-state index in [1.54, 1.807) is 7.11 Å². The van der Waals surface area contributed by atoms with Crippen molar-refractivity contribution < 1.29 is 14.3 Å². The molecular weight excluding hydrogens is 414 g/mol. The molecule has 180 valence electrons. The van der Waals surface area contributed by atoms with Crippen molar-refractivity contribution >= 4 is 5.91 Å². The summed E-state index contributed by atoms with van der Waals surface area (Å²) in [4.78, 5) is 17.6. The van der Waals surface area contributed by atoms with Crippen molar-refractivity contribution in [3.8, 4) is 11.5 Å². The van der Waals surface area contributed by atoms with Crippen LogP contribution in [0.1, 0.15) is 37.8 Å². The highest BCUT2D eigenvalue weighted by Gasteiger charge is 2.25. The number of benzene rings is 2. The van der Waals surface area contributed by atoms with Crippen LogP contribution in [-0.2, 0) is 17.9 Å². The second-order valence-corrected chi connectivity index (χ2v) is 8.64. The molecule has 3 rings (SSSR count). The Morgan fingerprint density at radius 3 is 2.61 bits per heavy atom. The fourth-order valence-corrected chi connectivity index (χ4v) is 4.35. The summed E-state index contributed by atoms with van der Waals surface area (Å²) in [6, 6.07) is 16.4. The highest BCUT2D eigenvalue weighted by atomic mass is 16.5. The molecule has 1 fully saturated rings. The van der Waals surface area contributed by atoms with E-state index in [4.69, 9.17) is 9.47 Å². The lowest BCUT2D eigenvalue weighted by Crippen LogP contribution is -2.42. The van der Waals surface area contributed by atoms with Gasteiger partial charge >= 0.3 is 0 Å². The van der Waals surface area contributed by atoms with Gasteiger partial charge in [-0.25, -0.2) is 0 Å². The van der Waals surface area contributed by atoms with Crippen molar-refractivity contribution in [1.82, 2.24) is 15.1 Å². The molecule has 1 heterocycles. The standard InChI is InChI=1S/C27H39N3O3/c1-4-29(5-2)16-17-33-25-14-13-23(18-26(25)32-3)19-28-27(31)24-12-9-15-30(21-24)20-22-10-7-6-8-11-22/h6-8,10-11,13-14,18,24H,4-5,9,12,15-17,19-21H2,1-3H3,(H,28,31). The van der Waals surface area contributed by atoms with E-state index < -0.39 is 0 Å². The molecule has 6 heteroatoms. The largest absolute Gasteiger partial charge is 0.493 e. The number of nitrogens with one attached hydrogen (secondary N) is 1. The first-order valence-electron chi connectivity index (χ1n) is 12.2. The minimum absolute atomic E-state index is 0.0343. The van der Waals surface area contributed by atoms with Gasteiger partial charge in [-0.1, -0.05) is 50.2 Å². The molecule has 33 heavy (non-hydrogen) atoms. The quantitative estimate of drug-likeness (QED) is 0.528. The Hall–Kier alpha value is -2.57. The second kappa shape index (κ2) is 13.2. The van der Waals surface area contributed by atoms with E-state index in [2.05, 4.69) is 53.2 Å². The van der Waals surface area contributed by atoms with Gasteiger partial charge in [-0.15, -0.1) is 0 Å². The van der Waals surface area contributed by atoms with E-state index in [-0.39, 0.29) is 11.8 Å². The lowest BCUT2D eigenvalue weighted by molar-refractivity contribution is -0.126. The number of hydrogen-bond acceptors (Lipinski definition) is 5. The van der Waals surface area contributed by atoms with Crippen LogP contribution in [-0.4, -0.2) is 62.1 Å². The van der Waals surface area contributed by atoms with E-state index in [1.165, 1.54) is 5.56 Å². The topological polar surface area (TPSA) is 54.0 Å². The number of carbonyl (C=O) groups excluding carboxylic acids is 1. The van der Waals surface area contributed by atoms with Crippen molar-refractivity contribution in [2.45, 2.75) is 39.8 Å². The fraction of sp³-hybridized carbons (Fsp3) is 0.519. The molecule has 1 atom stereocenters. The summed E-state index contributed by atoms with van der Waals surface area (Å²) in [5.74, 6) is 1.61. The van der Waals surface area contributed by atoms with Crippen LogP contribution in [0.5, 0.6) is 11.5 Å². The first-order chi connectivity index (χ1) is 16.1. The fourth-order valence-electron chi connectivity index (χ4n) is 4.35. The summed E-state index contributed by atoms with van der Waals surface area (Å²) in [6.45, 7) is 11.1. The number of piperidine rings is 1. The predicted octanol–water partition coefficient (Wildman–Crippen LogP) is 3.94. The Morgan fingerprint density at radius 1 is 1.09 bits per heavy atom. The van der Waals surface area contributed by atoms with E-state index in [1.807, 2.05) is 24.3 Å². The normalized spacial score (nSPS) is 16.5. The Labute approximate surface area is 198 Å². The average Bonchev–Trinajstić information content (AvgIpc) is 2.86. The molecule has 1 aliphatic rings. The van der Waals surface area contributed by atoms with Crippen molar-refractivity contribution in [3.63, 3.8) is 0 Å². The van der Waals surface area contributed by atoms with Crippen LogP contribution in [0.25, 0.3) is 0 Å². The highest BCUT2D eigenvalue weighted by Crippen LogP contribution is 2.28. The summed E-state index contributed by atoms with van der Waals surface area (Å²) < 4.78 is 11.5. The minimum atomic E-state index is 0.0343. The summed E-state index contributed by atoms with van der Waals surface area (Å²) in [7, 11) is 1.65. The molecule has 1 aliphatic heterocycles. The molecule has 6 nitrogen and oxygen atoms in total. The van der Waals surface area contributed by atoms with Gasteiger partial charge in [-0.2, -0.15) is 0 Å². The molecule has 1 saturated heterocycles. The Kier molecular flexibility index (Phi) is 10.0. The number of hydrogen-bond donors (Lipinski definition) is 1. The van der Waals surface area contributed by atoms with E-state index in [0.717, 1.165) is 63.4 Å². The number of rotatable bonds is 12. The highest BCUT2D eigenvalue weighted by molar-refractivity contribution is 5.79. The summed E-state index contributed by atoms with van der Waals surface area (Å²) in [5.41, 5.74) is 2.30. The van der Waals surface area contributed by atoms with Gasteiger partial charge in [-0.05, 0) is 55.7 Å². The number of ether oxygens (including phenoxy) is 2. The zero-order valence-electron chi connectivity index (χ0n) is 20.4. The molecule has 0 radical (unpaired) electrons. The number of likely N-dealkylation sites (tertiary alicyclic amines) is 1. The summed E-state index contributed by atoms with van der Waals surface area (Å²) in [6.07, 6.45) is 2.00. The second-order valence-electron chi connectivity index (χ2n) is 8.64. The molecule has 1 amide bonds. The number of amides is 1. The molecule has 0 aliphatic carbocycles. The lowest BCUT2D eigenvalue weighted by Gasteiger charge is -2.32. The summed E-state index contributed by atoms with van der Waals surface area (Å²) >= 11 is 0. The molecule has 2 aromatic carbocycles. The van der Waals surface area contributed by atoms with Gasteiger partial charge < -0.3 is 19.7 Å². The maximum Gasteiger partial charge on any atom is 0.224 e. The Morgan fingerprint density at radius 2 is 1.88 bits per heavy atom. The monoisotopic (exact) mass is 453 g/mol. The molecule has 1 N–H and O–H groups in total. The van der Waals surface area contributed by atoms with Gasteiger partial charge in [0.15, 0.2) is 11.5 Å². The van der Waals surface area contributed by atoms with Gasteiger partial charge in [0.25, 0.3) is 0 Å². The van der Waals surface area contributed by atoms with Crippen LogP contribution in [0.15, 0.2) is 48.5 Å². The first-order valence-corrected chi connectivity index (χ1v) is 12.2. The number of nitrogens with zero attached hydrogens (tertiary/aromatic N) is 2. The lowest BCUT2D eigenvalue weighted by atomic mass is 9.96. The minimum Gasteiger partial charge on any atom is -0.493 e. The van der Waals surface area contributed by atoms with Crippen LogP contribution in [0.2, 0.25) is 0 Å². The van der Waals surface area contributed by atoms with Crippen LogP contribution < -0.4 is 14.8 Å². The van der Waals surface area contributed by atoms with Crippen LogP contribution in [0.3, 0.4) is 0 Å². The molecule has 1 unspecified atom stereocenters. The third kappa shape index (κ3) is 7.76. The maximum absolute atomic E-state index is 12.9. The predicted molar refractivity (Wildman–Crippen MR) is 133 cm³/mol. The number of likely N-dealkylation sites (N-methyl/N-ethyl adjacent to an activating group) is 1. The van der Waals surface area contributed by atoms with Crippen LogP contribution >= 0.6 is 0 Å². The third-order valence-corrected chi connectivity index (χ3v) is 6.38. The number of carbonyl (C=O) groups is 1. The zero-order valence-corrected chi connectivity index (χ0v) is 20.4. The Balaban J connectivity index is 1.48. The van der Waals surface area contributed by atoms with E-state index in [0.29, 0.717) is 18.9 Å². The van der Waals surface area contributed by atoms with Gasteiger partial charge in [0.2, 0.25) is 5.91 Å². The SMILES string of the molecule is CCN(CC)CCOc1ccc(CNC(=O)C2CCCN(Cc3ccccc3)C2)cc1OC. The van der Waals surface area contributed by atoms with Crippen molar-refractivity contribution in [2.75, 3.05) is 46.4 Å². The van der Waals surface area contributed by atoms with Crippen LogP contribution in [0, 0.1) is 5.92 Å². The van der Waals surface area contributed by atoms with E-state index >= 15 is 0 Å². The molecule has 0 bridgehead atoms. The van der Waals surface area contributed by atoms with Crippen molar-refractivity contribution in [3.05, 3.63) is 59.7 Å². The van der Waals surface area contributed by atoms with Crippen molar-refractivity contribution in [2.24, 2.45) is 5.92 Å².